The zero-order valence-electron chi connectivity index (χ0n) is 14.2. The lowest BCUT2D eigenvalue weighted by Gasteiger charge is -2.10. The lowest BCUT2D eigenvalue weighted by Crippen LogP contribution is -2.21. The van der Waals surface area contributed by atoms with Crippen molar-refractivity contribution in [2.45, 2.75) is 13.1 Å². The Balaban J connectivity index is 2.10. The topological polar surface area (TPSA) is 119 Å². The van der Waals surface area contributed by atoms with E-state index in [1.165, 1.54) is 12.1 Å². The highest BCUT2D eigenvalue weighted by Gasteiger charge is 2.33. The Bertz CT molecular complexity index is 943. The number of hydrogen-bond acceptors (Lipinski definition) is 6. The predicted molar refractivity (Wildman–Crippen MR) is 89.9 cm³/mol. The van der Waals surface area contributed by atoms with Crippen molar-refractivity contribution < 1.29 is 37.5 Å². The summed E-state index contributed by atoms with van der Waals surface area (Å²) in [6.07, 6.45) is -4.79. The van der Waals surface area contributed by atoms with Crippen LogP contribution in [0.1, 0.15) is 21.5 Å². The lowest BCUT2D eigenvalue weighted by atomic mass is 10.1. The molecule has 148 valence electrons. The number of carbonyl (C=O) groups excluding carboxylic acids is 2. The van der Waals surface area contributed by atoms with Crippen LogP contribution in [0.5, 0.6) is 5.75 Å². The van der Waals surface area contributed by atoms with Gasteiger partial charge in [0.05, 0.1) is 10.5 Å². The van der Waals surface area contributed by atoms with Gasteiger partial charge in [0, 0.05) is 6.07 Å². The maximum absolute atomic E-state index is 12.7. The van der Waals surface area contributed by atoms with Crippen LogP contribution in [-0.2, 0) is 15.7 Å². The van der Waals surface area contributed by atoms with Gasteiger partial charge in [-0.05, 0) is 30.7 Å². The second-order valence-electron chi connectivity index (χ2n) is 5.58. The Hall–Kier alpha value is -3.63. The Morgan fingerprint density at radius 2 is 1.93 bits per heavy atom. The summed E-state index contributed by atoms with van der Waals surface area (Å²) in [5.41, 5.74) is -2.49. The number of phenolic OH excluding ortho intramolecular Hbond substituents is 1. The van der Waals surface area contributed by atoms with Crippen LogP contribution in [0.2, 0.25) is 0 Å². The van der Waals surface area contributed by atoms with Gasteiger partial charge in [0.25, 0.3) is 11.6 Å². The summed E-state index contributed by atoms with van der Waals surface area (Å²) in [5.74, 6) is -2.35. The first-order valence-corrected chi connectivity index (χ1v) is 7.62. The van der Waals surface area contributed by atoms with E-state index in [1.54, 1.807) is 13.0 Å². The quantitative estimate of drug-likeness (QED) is 0.453. The van der Waals surface area contributed by atoms with E-state index in [-0.39, 0.29) is 17.4 Å². The minimum absolute atomic E-state index is 0.187. The number of rotatable bonds is 5. The van der Waals surface area contributed by atoms with Gasteiger partial charge >= 0.3 is 12.1 Å². The van der Waals surface area contributed by atoms with E-state index < -0.39 is 46.5 Å². The van der Waals surface area contributed by atoms with Crippen LogP contribution in [0.4, 0.5) is 24.5 Å². The molecule has 0 saturated carbocycles. The molecular weight excluding hydrogens is 385 g/mol. The smallest absolute Gasteiger partial charge is 0.416 e. The fraction of sp³-hybridized carbons (Fsp3) is 0.176. The average Bonchev–Trinajstić information content (AvgIpc) is 2.61. The number of carbonyl (C=O) groups is 2. The summed E-state index contributed by atoms with van der Waals surface area (Å²) in [5, 5.41) is 22.8. The normalized spacial score (nSPS) is 11.0. The molecule has 0 aliphatic rings. The fourth-order valence-corrected chi connectivity index (χ4v) is 2.18. The number of anilines is 1. The highest BCUT2D eigenvalue weighted by Crippen LogP contribution is 2.35. The van der Waals surface area contributed by atoms with Crippen molar-refractivity contribution in [3.8, 4) is 5.75 Å². The summed E-state index contributed by atoms with van der Waals surface area (Å²) in [7, 11) is 0. The number of nitrogens with one attached hydrogen (secondary N) is 1. The maximum atomic E-state index is 12.7. The predicted octanol–water partition coefficient (Wildman–Crippen LogP) is 3.42. The van der Waals surface area contributed by atoms with Crippen LogP contribution in [0.3, 0.4) is 0 Å². The number of nitrogens with zero attached hydrogens (tertiary/aromatic N) is 1. The van der Waals surface area contributed by atoms with E-state index in [9.17, 15) is 38.0 Å². The average molecular weight is 398 g/mol. The summed E-state index contributed by atoms with van der Waals surface area (Å²) in [6.45, 7) is 0.674. The van der Waals surface area contributed by atoms with E-state index in [4.69, 9.17) is 4.74 Å². The second-order valence-corrected chi connectivity index (χ2v) is 5.58. The van der Waals surface area contributed by atoms with E-state index in [0.29, 0.717) is 11.6 Å². The molecule has 28 heavy (non-hydrogen) atoms. The molecule has 0 bridgehead atoms. The van der Waals surface area contributed by atoms with Gasteiger partial charge in [0.1, 0.15) is 17.0 Å². The molecule has 0 aromatic heterocycles. The molecule has 2 rings (SSSR count). The number of amides is 1. The van der Waals surface area contributed by atoms with Gasteiger partial charge in [-0.1, -0.05) is 12.1 Å². The molecule has 2 N–H and O–H groups in total. The molecule has 11 heteroatoms. The summed E-state index contributed by atoms with van der Waals surface area (Å²) in [6, 6.07) is 5.88. The molecule has 0 fully saturated rings. The number of aromatic hydroxyl groups is 1. The first-order valence-electron chi connectivity index (χ1n) is 7.62. The lowest BCUT2D eigenvalue weighted by molar-refractivity contribution is -0.384. The fourth-order valence-electron chi connectivity index (χ4n) is 2.18. The number of hydrogen-bond donors (Lipinski definition) is 2. The van der Waals surface area contributed by atoms with E-state index in [1.807, 2.05) is 5.32 Å². The van der Waals surface area contributed by atoms with Crippen LogP contribution in [0.15, 0.2) is 36.4 Å². The van der Waals surface area contributed by atoms with Crippen LogP contribution in [-0.4, -0.2) is 28.5 Å². The minimum atomic E-state index is -4.79. The SMILES string of the molecule is Cc1cccc(C(=O)OCC(=O)Nc2ccc(C(F)(F)F)cc2[N+](=O)[O-])c1O. The molecule has 0 unspecified atom stereocenters. The van der Waals surface area contributed by atoms with Crippen molar-refractivity contribution in [1.29, 1.82) is 0 Å². The third kappa shape index (κ3) is 4.75. The number of alkyl halides is 3. The molecule has 2 aromatic rings. The van der Waals surface area contributed by atoms with Crippen LogP contribution in [0, 0.1) is 17.0 Å². The Morgan fingerprint density at radius 3 is 2.54 bits per heavy atom. The molecule has 0 heterocycles. The summed E-state index contributed by atoms with van der Waals surface area (Å²) < 4.78 is 42.7. The van der Waals surface area contributed by atoms with Crippen molar-refractivity contribution in [1.82, 2.24) is 0 Å². The number of nitro benzene ring substituents is 1. The second kappa shape index (κ2) is 7.94. The Kier molecular flexibility index (Phi) is 5.87. The highest BCUT2D eigenvalue weighted by atomic mass is 19.4. The van der Waals surface area contributed by atoms with Gasteiger partial charge in [-0.2, -0.15) is 13.2 Å². The van der Waals surface area contributed by atoms with Crippen molar-refractivity contribution in [3.05, 3.63) is 63.2 Å². The van der Waals surface area contributed by atoms with Crippen molar-refractivity contribution >= 4 is 23.3 Å². The van der Waals surface area contributed by atoms with Crippen LogP contribution >= 0.6 is 0 Å². The van der Waals surface area contributed by atoms with Gasteiger partial charge in [0.2, 0.25) is 0 Å². The molecule has 1 amide bonds. The maximum Gasteiger partial charge on any atom is 0.416 e. The molecule has 0 aliphatic heterocycles. The summed E-state index contributed by atoms with van der Waals surface area (Å²) >= 11 is 0. The number of nitro groups is 1. The van der Waals surface area contributed by atoms with Crippen LogP contribution < -0.4 is 5.32 Å². The molecule has 0 radical (unpaired) electrons. The standard InChI is InChI=1S/C17H13F3N2O6/c1-9-3-2-4-11(15(9)24)16(25)28-8-14(23)21-12-6-5-10(17(18,19)20)7-13(12)22(26)27/h2-7,24H,8H2,1H3,(H,21,23). The first-order chi connectivity index (χ1) is 13.0. The zero-order valence-corrected chi connectivity index (χ0v) is 14.2. The zero-order chi connectivity index (χ0) is 21.1. The van der Waals surface area contributed by atoms with E-state index >= 15 is 0 Å². The number of halogens is 3. The number of esters is 1. The Morgan fingerprint density at radius 1 is 1.25 bits per heavy atom. The first kappa shape index (κ1) is 20.7. The molecule has 0 atom stereocenters. The number of aryl methyl sites for hydroxylation is 1. The Labute approximate surface area is 155 Å². The van der Waals surface area contributed by atoms with Gasteiger partial charge < -0.3 is 15.2 Å². The number of para-hydroxylation sites is 1. The largest absolute Gasteiger partial charge is 0.507 e. The van der Waals surface area contributed by atoms with Gasteiger partial charge in [-0.15, -0.1) is 0 Å². The van der Waals surface area contributed by atoms with Crippen molar-refractivity contribution in [2.75, 3.05) is 11.9 Å². The van der Waals surface area contributed by atoms with Gasteiger partial charge in [0.15, 0.2) is 6.61 Å². The molecule has 0 saturated heterocycles. The number of ether oxygens (including phenoxy) is 1. The molecule has 2 aromatic carbocycles. The van der Waals surface area contributed by atoms with Crippen molar-refractivity contribution in [3.63, 3.8) is 0 Å². The van der Waals surface area contributed by atoms with Gasteiger partial charge in [-0.3, -0.25) is 14.9 Å². The molecule has 0 spiro atoms. The van der Waals surface area contributed by atoms with Gasteiger partial charge in [-0.25, -0.2) is 4.79 Å². The summed E-state index contributed by atoms with van der Waals surface area (Å²) in [4.78, 5) is 33.7. The number of phenols is 1. The number of benzene rings is 2. The van der Waals surface area contributed by atoms with E-state index in [2.05, 4.69) is 0 Å². The van der Waals surface area contributed by atoms with E-state index in [0.717, 1.165) is 6.07 Å². The third-order valence-corrected chi connectivity index (χ3v) is 3.59. The third-order valence-electron chi connectivity index (χ3n) is 3.59. The highest BCUT2D eigenvalue weighted by molar-refractivity contribution is 5.97. The minimum Gasteiger partial charge on any atom is -0.507 e. The van der Waals surface area contributed by atoms with Crippen LogP contribution in [0.25, 0.3) is 0 Å². The molecule has 8 nitrogen and oxygen atoms in total. The molecular formula is C17H13F3N2O6. The monoisotopic (exact) mass is 398 g/mol. The molecule has 0 aliphatic carbocycles. The van der Waals surface area contributed by atoms with Crippen molar-refractivity contribution in [2.24, 2.45) is 0 Å².